The van der Waals surface area contributed by atoms with Crippen LogP contribution >= 0.6 is 30.5 Å². The van der Waals surface area contributed by atoms with E-state index < -0.39 is 13.3 Å². The molecule has 10 nitrogen and oxygen atoms in total. The van der Waals surface area contributed by atoms with Crippen LogP contribution in [0.25, 0.3) is 0 Å². The Kier molecular flexibility index (Phi) is 12.6. The van der Waals surface area contributed by atoms with Crippen molar-refractivity contribution in [1.29, 1.82) is 0 Å². The van der Waals surface area contributed by atoms with Crippen LogP contribution in [0, 0.1) is 9.81 Å². The third kappa shape index (κ3) is 9.14. The third-order valence-corrected chi connectivity index (χ3v) is 8.19. The van der Waals surface area contributed by atoms with Crippen molar-refractivity contribution in [3.63, 3.8) is 0 Å². The van der Waals surface area contributed by atoms with Crippen LogP contribution in [0.15, 0.2) is 44.6 Å². The smallest absolute Gasteiger partial charge is 0.372 e. The molecule has 35 heavy (non-hydrogen) atoms. The standard InChI is InChI=1S/C22H32ClN6O4PS/c1-3-5-7-9-15-29(16-10-8-6-4-2)18-13-11-17(12-14-18)25-26-22-24-20(23)19(35-22)21(27-30)34(32,33)28-31/h11-14,21H,3-10,15-16H2,1-2H3,(H,32,33). The van der Waals surface area contributed by atoms with E-state index in [1.54, 1.807) is 0 Å². The van der Waals surface area contributed by atoms with Crippen LogP contribution in [-0.2, 0) is 4.57 Å². The number of azo groups is 1. The maximum atomic E-state index is 11.8. The molecule has 0 saturated heterocycles. The van der Waals surface area contributed by atoms with E-state index in [-0.39, 0.29) is 15.2 Å². The first-order valence-corrected chi connectivity index (χ1v) is 14.7. The van der Waals surface area contributed by atoms with Crippen molar-refractivity contribution in [2.45, 2.75) is 71.0 Å². The van der Waals surface area contributed by atoms with Gasteiger partial charge in [-0.15, -0.1) is 20.0 Å². The van der Waals surface area contributed by atoms with Crippen LogP contribution < -0.4 is 4.90 Å². The Morgan fingerprint density at radius 3 is 2.11 bits per heavy atom. The zero-order valence-corrected chi connectivity index (χ0v) is 22.5. The van der Waals surface area contributed by atoms with E-state index in [2.05, 4.69) is 44.1 Å². The molecule has 0 aliphatic carbocycles. The van der Waals surface area contributed by atoms with Crippen molar-refractivity contribution in [3.05, 3.63) is 44.1 Å². The number of aromatic nitrogens is 1. The van der Waals surface area contributed by atoms with Gasteiger partial charge in [0.05, 0.1) is 10.6 Å². The van der Waals surface area contributed by atoms with Crippen molar-refractivity contribution in [2.75, 3.05) is 18.0 Å². The normalized spacial score (nSPS) is 14.1. The van der Waals surface area contributed by atoms with Crippen LogP contribution in [0.2, 0.25) is 5.15 Å². The minimum absolute atomic E-state index is 0.0575. The fourth-order valence-electron chi connectivity index (χ4n) is 3.47. The Morgan fingerprint density at radius 1 is 1.00 bits per heavy atom. The summed E-state index contributed by atoms with van der Waals surface area (Å²) in [6.45, 7) is 6.45. The highest BCUT2D eigenvalue weighted by Crippen LogP contribution is 2.60. The van der Waals surface area contributed by atoms with Crippen LogP contribution in [0.4, 0.5) is 16.5 Å². The second kappa shape index (κ2) is 15.1. The van der Waals surface area contributed by atoms with Crippen molar-refractivity contribution in [1.82, 2.24) is 4.98 Å². The van der Waals surface area contributed by atoms with Crippen molar-refractivity contribution < 1.29 is 9.46 Å². The SMILES string of the molecule is CCCCCCN(CCCCCC)c1ccc(N=Nc2nc(Cl)c(C(N=O)P(=O)(O)N=O)s2)cc1. The van der Waals surface area contributed by atoms with E-state index >= 15 is 0 Å². The lowest BCUT2D eigenvalue weighted by Crippen LogP contribution is -2.25. The molecular weight excluding hydrogens is 511 g/mol. The highest BCUT2D eigenvalue weighted by Gasteiger charge is 2.39. The van der Waals surface area contributed by atoms with Gasteiger partial charge in [0.2, 0.25) is 10.9 Å². The monoisotopic (exact) mass is 542 g/mol. The predicted molar refractivity (Wildman–Crippen MR) is 142 cm³/mol. The Morgan fingerprint density at radius 2 is 1.60 bits per heavy atom. The summed E-state index contributed by atoms with van der Waals surface area (Å²) in [6, 6.07) is 7.73. The molecule has 2 unspecified atom stereocenters. The number of rotatable bonds is 17. The van der Waals surface area contributed by atoms with Crippen LogP contribution in [0.3, 0.4) is 0 Å². The first-order chi connectivity index (χ1) is 16.9. The van der Waals surface area contributed by atoms with Gasteiger partial charge in [0, 0.05) is 23.7 Å². The molecule has 0 amide bonds. The predicted octanol–water partition coefficient (Wildman–Crippen LogP) is 8.90. The molecule has 0 aliphatic rings. The van der Waals surface area contributed by atoms with E-state index in [1.165, 1.54) is 38.5 Å². The number of hydrogen-bond donors (Lipinski definition) is 1. The van der Waals surface area contributed by atoms with Gasteiger partial charge in [-0.3, -0.25) is 4.57 Å². The Balaban J connectivity index is 2.10. The average Bonchev–Trinajstić information content (AvgIpc) is 3.22. The highest BCUT2D eigenvalue weighted by molar-refractivity contribution is 7.57. The molecule has 0 aliphatic heterocycles. The molecule has 2 aromatic rings. The third-order valence-electron chi connectivity index (χ3n) is 5.40. The maximum Gasteiger partial charge on any atom is 0.382 e. The van der Waals surface area contributed by atoms with E-state index in [4.69, 9.17) is 11.6 Å². The molecule has 1 N–H and O–H groups in total. The summed E-state index contributed by atoms with van der Waals surface area (Å²) in [5.74, 6) is -1.92. The van der Waals surface area contributed by atoms with E-state index in [0.717, 1.165) is 43.0 Å². The van der Waals surface area contributed by atoms with Gasteiger partial charge >= 0.3 is 7.52 Å². The minimum Gasteiger partial charge on any atom is -0.372 e. The number of benzene rings is 1. The second-order valence-electron chi connectivity index (χ2n) is 8.13. The summed E-state index contributed by atoms with van der Waals surface area (Å²) in [5.41, 5.74) is 1.72. The van der Waals surface area contributed by atoms with Crippen LogP contribution in [0.5, 0.6) is 0 Å². The van der Waals surface area contributed by atoms with Gasteiger partial charge in [0.1, 0.15) is 5.15 Å². The van der Waals surface area contributed by atoms with Gasteiger partial charge in [-0.25, -0.2) is 4.98 Å². The Bertz CT molecular complexity index is 1010. The highest BCUT2D eigenvalue weighted by atomic mass is 35.5. The van der Waals surface area contributed by atoms with Gasteiger partial charge in [0.15, 0.2) is 0 Å². The second-order valence-corrected chi connectivity index (χ2v) is 11.3. The number of halogens is 1. The molecule has 0 fully saturated rings. The molecule has 192 valence electrons. The van der Waals surface area contributed by atoms with Crippen molar-refractivity contribution >= 4 is 47.0 Å². The van der Waals surface area contributed by atoms with Gasteiger partial charge in [-0.05, 0) is 42.3 Å². The molecule has 0 saturated carbocycles. The molecule has 13 heteroatoms. The minimum atomic E-state index is -4.74. The van der Waals surface area contributed by atoms with E-state index in [1.807, 2.05) is 24.3 Å². The largest absolute Gasteiger partial charge is 0.382 e. The fourth-order valence-corrected chi connectivity index (χ4v) is 5.80. The van der Waals surface area contributed by atoms with Crippen molar-refractivity contribution in [2.24, 2.45) is 20.4 Å². The summed E-state index contributed by atoms with van der Waals surface area (Å²) < 4.78 is 11.8. The summed E-state index contributed by atoms with van der Waals surface area (Å²) in [7, 11) is -4.74. The zero-order chi connectivity index (χ0) is 25.7. The first-order valence-electron chi connectivity index (χ1n) is 11.8. The quantitative estimate of drug-likeness (QED) is 0.0916. The number of thiazole rings is 1. The summed E-state index contributed by atoms with van der Waals surface area (Å²) in [5, 5.41) is 10.5. The summed E-state index contributed by atoms with van der Waals surface area (Å²) in [4.78, 5) is 39.5. The number of hydrogen-bond acceptors (Lipinski definition) is 9. The van der Waals surface area contributed by atoms with Crippen molar-refractivity contribution in [3.8, 4) is 0 Å². The van der Waals surface area contributed by atoms with Gasteiger partial charge < -0.3 is 9.79 Å². The first kappa shape index (κ1) is 29.2. The molecular formula is C22H32ClN6O4PS. The fraction of sp³-hybridized carbons (Fsp3) is 0.591. The van der Waals surface area contributed by atoms with E-state index in [9.17, 15) is 19.3 Å². The summed E-state index contributed by atoms with van der Waals surface area (Å²) in [6.07, 6.45) is 9.68. The van der Waals surface area contributed by atoms with Crippen LogP contribution in [0.1, 0.15) is 75.9 Å². The number of nitrogens with zero attached hydrogens (tertiary/aromatic N) is 6. The zero-order valence-electron chi connectivity index (χ0n) is 20.0. The molecule has 0 bridgehead atoms. The molecule has 1 heterocycles. The van der Waals surface area contributed by atoms with Crippen LogP contribution in [-0.4, -0.2) is 23.0 Å². The Hall–Kier alpha value is -2.07. The number of nitroso groups, excluding NO2 is 2. The van der Waals surface area contributed by atoms with Gasteiger partial charge in [0.25, 0.3) is 0 Å². The molecule has 2 atom stereocenters. The summed E-state index contributed by atoms with van der Waals surface area (Å²) >= 11 is 6.71. The molecule has 0 radical (unpaired) electrons. The lowest BCUT2D eigenvalue weighted by atomic mass is 10.1. The lowest BCUT2D eigenvalue weighted by Gasteiger charge is -2.25. The maximum absolute atomic E-state index is 11.8. The number of unbranched alkanes of at least 4 members (excludes halogenated alkanes) is 6. The molecule has 0 spiro atoms. The molecule has 1 aromatic carbocycles. The van der Waals surface area contributed by atoms with Gasteiger partial charge in [-0.2, -0.15) is 0 Å². The lowest BCUT2D eigenvalue weighted by molar-refractivity contribution is 0.467. The molecule has 1 aromatic heterocycles. The number of anilines is 1. The molecule has 2 rings (SSSR count). The van der Waals surface area contributed by atoms with E-state index in [0.29, 0.717) is 5.69 Å². The average molecular weight is 543 g/mol. The Labute approximate surface area is 214 Å². The topological polar surface area (TPSA) is 137 Å². The van der Waals surface area contributed by atoms with Gasteiger partial charge in [-0.1, -0.05) is 75.3 Å².